The van der Waals surface area contributed by atoms with Gasteiger partial charge in [-0.05, 0) is 37.3 Å². The van der Waals surface area contributed by atoms with Crippen LogP contribution in [0.3, 0.4) is 0 Å². The van der Waals surface area contributed by atoms with E-state index in [0.29, 0.717) is 28.3 Å². The molecule has 2 amide bonds. The molecule has 0 aromatic heterocycles. The van der Waals surface area contributed by atoms with Gasteiger partial charge in [0.05, 0.1) is 16.9 Å². The Morgan fingerprint density at radius 3 is 2.79 bits per heavy atom. The minimum atomic E-state index is -0.551. The number of fused-ring (bicyclic) bond motifs is 1. The Bertz CT molecular complexity index is 870. The molecule has 1 atom stereocenters. The number of amides is 2. The van der Waals surface area contributed by atoms with E-state index in [4.69, 9.17) is 10.00 Å². The van der Waals surface area contributed by atoms with E-state index < -0.39 is 6.10 Å². The zero-order valence-corrected chi connectivity index (χ0v) is 13.2. The van der Waals surface area contributed by atoms with E-state index >= 15 is 0 Å². The fourth-order valence-electron chi connectivity index (χ4n) is 2.54. The largest absolute Gasteiger partial charge is 0.479 e. The van der Waals surface area contributed by atoms with Crippen LogP contribution in [0.4, 0.5) is 11.4 Å². The van der Waals surface area contributed by atoms with Crippen molar-refractivity contribution in [1.82, 2.24) is 0 Å². The number of ether oxygens (including phenoxy) is 1. The van der Waals surface area contributed by atoms with Crippen molar-refractivity contribution in [3.8, 4) is 11.8 Å². The number of rotatable bonds is 2. The average Bonchev–Trinajstić information content (AvgIpc) is 2.60. The average molecular weight is 321 g/mol. The first-order chi connectivity index (χ1) is 11.5. The zero-order valence-electron chi connectivity index (χ0n) is 13.2. The number of hydrogen-bond donors (Lipinski definition) is 1. The summed E-state index contributed by atoms with van der Waals surface area (Å²) in [4.78, 5) is 25.9. The summed E-state index contributed by atoms with van der Waals surface area (Å²) in [6.07, 6.45) is -0.551. The lowest BCUT2D eigenvalue weighted by Gasteiger charge is -2.30. The topological polar surface area (TPSA) is 82.4 Å². The van der Waals surface area contributed by atoms with Gasteiger partial charge in [0.15, 0.2) is 6.10 Å². The lowest BCUT2D eigenvalue weighted by atomic mass is 10.1. The van der Waals surface area contributed by atoms with Gasteiger partial charge in [0.2, 0.25) is 0 Å². The predicted molar refractivity (Wildman–Crippen MR) is 89.1 cm³/mol. The summed E-state index contributed by atoms with van der Waals surface area (Å²) in [5.41, 5.74) is 1.74. The summed E-state index contributed by atoms with van der Waals surface area (Å²) < 4.78 is 5.54. The third-order valence-electron chi connectivity index (χ3n) is 3.86. The van der Waals surface area contributed by atoms with Crippen molar-refractivity contribution in [3.05, 3.63) is 53.6 Å². The minimum Gasteiger partial charge on any atom is -0.479 e. The molecule has 1 unspecified atom stereocenters. The van der Waals surface area contributed by atoms with Crippen molar-refractivity contribution < 1.29 is 14.3 Å². The maximum atomic E-state index is 12.5. The van der Waals surface area contributed by atoms with Crippen LogP contribution < -0.4 is 15.0 Å². The number of benzene rings is 2. The molecule has 6 heteroatoms. The summed E-state index contributed by atoms with van der Waals surface area (Å²) in [7, 11) is 1.65. The van der Waals surface area contributed by atoms with Gasteiger partial charge >= 0.3 is 0 Å². The number of hydrogen-bond acceptors (Lipinski definition) is 4. The second kappa shape index (κ2) is 6.05. The Labute approximate surface area is 139 Å². The number of anilines is 2. The summed E-state index contributed by atoms with van der Waals surface area (Å²) >= 11 is 0. The molecule has 3 rings (SSSR count). The number of carbonyl (C=O) groups is 2. The summed E-state index contributed by atoms with van der Waals surface area (Å²) in [5.74, 6) is 0.0217. The molecule has 1 aliphatic rings. The van der Waals surface area contributed by atoms with Crippen molar-refractivity contribution in [2.45, 2.75) is 13.0 Å². The minimum absolute atomic E-state index is 0.171. The quantitative estimate of drug-likeness (QED) is 0.921. The normalized spacial score (nSPS) is 16.0. The van der Waals surface area contributed by atoms with Gasteiger partial charge in [-0.25, -0.2) is 0 Å². The van der Waals surface area contributed by atoms with Gasteiger partial charge in [-0.3, -0.25) is 9.59 Å². The van der Waals surface area contributed by atoms with E-state index in [9.17, 15) is 9.59 Å². The molecule has 0 bridgehead atoms. The second-order valence-electron chi connectivity index (χ2n) is 5.45. The zero-order chi connectivity index (χ0) is 17.3. The first-order valence-corrected chi connectivity index (χ1v) is 7.40. The van der Waals surface area contributed by atoms with Gasteiger partial charge in [0.25, 0.3) is 11.8 Å². The van der Waals surface area contributed by atoms with Crippen LogP contribution in [-0.2, 0) is 4.79 Å². The highest BCUT2D eigenvalue weighted by molar-refractivity contribution is 6.07. The first-order valence-electron chi connectivity index (χ1n) is 7.40. The highest BCUT2D eigenvalue weighted by atomic mass is 16.5. The fraction of sp³-hybridized carbons (Fsp3) is 0.167. The Morgan fingerprint density at radius 1 is 1.29 bits per heavy atom. The molecule has 1 N–H and O–H groups in total. The van der Waals surface area contributed by atoms with Crippen molar-refractivity contribution in [3.63, 3.8) is 0 Å². The molecule has 0 radical (unpaired) electrons. The van der Waals surface area contributed by atoms with Crippen LogP contribution >= 0.6 is 0 Å². The maximum Gasteiger partial charge on any atom is 0.267 e. The van der Waals surface area contributed by atoms with E-state index in [1.54, 1.807) is 56.4 Å². The van der Waals surface area contributed by atoms with Crippen molar-refractivity contribution in [2.24, 2.45) is 0 Å². The van der Waals surface area contributed by atoms with Crippen LogP contribution in [0, 0.1) is 11.3 Å². The van der Waals surface area contributed by atoms with E-state index in [-0.39, 0.29) is 11.8 Å². The molecule has 0 saturated carbocycles. The van der Waals surface area contributed by atoms with Crippen molar-refractivity contribution >= 4 is 23.2 Å². The Morgan fingerprint density at radius 2 is 2.04 bits per heavy atom. The number of nitrogens with zero attached hydrogens (tertiary/aromatic N) is 2. The number of carbonyl (C=O) groups excluding carboxylic acids is 2. The van der Waals surface area contributed by atoms with Crippen LogP contribution in [0.2, 0.25) is 0 Å². The maximum absolute atomic E-state index is 12.5. The van der Waals surface area contributed by atoms with Crippen LogP contribution in [0.1, 0.15) is 22.8 Å². The molecule has 0 spiro atoms. The molecular formula is C18H15N3O3. The van der Waals surface area contributed by atoms with Crippen molar-refractivity contribution in [2.75, 3.05) is 17.3 Å². The summed E-state index contributed by atoms with van der Waals surface area (Å²) in [6.45, 7) is 1.68. The molecule has 24 heavy (non-hydrogen) atoms. The predicted octanol–water partition coefficient (Wildman–Crippen LogP) is 2.55. The first kappa shape index (κ1) is 15.6. The van der Waals surface area contributed by atoms with Gasteiger partial charge in [-0.15, -0.1) is 0 Å². The molecule has 0 saturated heterocycles. The molecule has 1 heterocycles. The standard InChI is InChI=1S/C18H15N3O3/c1-11-18(23)21(2)15-9-12(7-8-16(15)24-11)17(22)20-14-6-4-3-5-13(14)10-19/h3-9,11H,1-2H3,(H,20,22). The molecule has 0 aliphatic carbocycles. The monoisotopic (exact) mass is 321 g/mol. The highest BCUT2D eigenvalue weighted by Gasteiger charge is 2.29. The van der Waals surface area contributed by atoms with Gasteiger partial charge in [0, 0.05) is 12.6 Å². The summed E-state index contributed by atoms with van der Waals surface area (Å²) in [5, 5.41) is 11.8. The Balaban J connectivity index is 1.90. The lowest BCUT2D eigenvalue weighted by molar-refractivity contribution is -0.125. The number of nitriles is 1. The van der Waals surface area contributed by atoms with E-state index in [2.05, 4.69) is 5.32 Å². The SMILES string of the molecule is CC1Oc2ccc(C(=O)Nc3ccccc3C#N)cc2N(C)C1=O. The fourth-order valence-corrected chi connectivity index (χ4v) is 2.54. The molecule has 0 fully saturated rings. The van der Waals surface area contributed by atoms with E-state index in [0.717, 1.165) is 0 Å². The molecule has 2 aromatic carbocycles. The smallest absolute Gasteiger partial charge is 0.267 e. The van der Waals surface area contributed by atoms with Crippen LogP contribution in [0.15, 0.2) is 42.5 Å². The Hall–Kier alpha value is -3.33. The van der Waals surface area contributed by atoms with Gasteiger partial charge in [-0.1, -0.05) is 12.1 Å². The number of likely N-dealkylation sites (N-methyl/N-ethyl adjacent to an activating group) is 1. The van der Waals surface area contributed by atoms with Gasteiger partial charge < -0.3 is 15.0 Å². The molecule has 120 valence electrons. The van der Waals surface area contributed by atoms with Crippen LogP contribution in [0.25, 0.3) is 0 Å². The van der Waals surface area contributed by atoms with E-state index in [1.165, 1.54) is 4.90 Å². The second-order valence-corrected chi connectivity index (χ2v) is 5.45. The highest BCUT2D eigenvalue weighted by Crippen LogP contribution is 2.34. The lowest BCUT2D eigenvalue weighted by Crippen LogP contribution is -2.42. The molecular weight excluding hydrogens is 306 g/mol. The number of para-hydroxylation sites is 1. The van der Waals surface area contributed by atoms with Gasteiger partial charge in [0.1, 0.15) is 11.8 Å². The summed E-state index contributed by atoms with van der Waals surface area (Å²) in [6, 6.07) is 13.7. The van der Waals surface area contributed by atoms with E-state index in [1.807, 2.05) is 6.07 Å². The van der Waals surface area contributed by atoms with Crippen LogP contribution in [-0.4, -0.2) is 25.0 Å². The molecule has 1 aliphatic heterocycles. The van der Waals surface area contributed by atoms with Gasteiger partial charge in [-0.2, -0.15) is 5.26 Å². The molecule has 6 nitrogen and oxygen atoms in total. The molecule has 2 aromatic rings. The van der Waals surface area contributed by atoms with Crippen LogP contribution in [0.5, 0.6) is 5.75 Å². The third kappa shape index (κ3) is 2.68. The third-order valence-corrected chi connectivity index (χ3v) is 3.86. The van der Waals surface area contributed by atoms with Crippen molar-refractivity contribution in [1.29, 1.82) is 5.26 Å². The number of nitrogens with one attached hydrogen (secondary N) is 1. The Kier molecular flexibility index (Phi) is 3.92.